The van der Waals surface area contributed by atoms with Gasteiger partial charge in [0.1, 0.15) is 0 Å². The number of hydrogen-bond donors (Lipinski definition) is 3. The van der Waals surface area contributed by atoms with Gasteiger partial charge in [-0.3, -0.25) is 14.4 Å². The Kier molecular flexibility index (Phi) is 16.0. The molecule has 0 spiro atoms. The summed E-state index contributed by atoms with van der Waals surface area (Å²) >= 11 is 6.76. The van der Waals surface area contributed by atoms with Crippen LogP contribution in [0.15, 0.2) is 57.5 Å². The van der Waals surface area contributed by atoms with Crippen molar-refractivity contribution in [3.8, 4) is 0 Å². The number of nitrogens with zero attached hydrogens (tertiary/aromatic N) is 1. The van der Waals surface area contributed by atoms with Gasteiger partial charge in [-0.2, -0.15) is 0 Å². The lowest BCUT2D eigenvalue weighted by atomic mass is 9.62. The molecule has 0 radical (unpaired) electrons. The van der Waals surface area contributed by atoms with Gasteiger partial charge in [0.05, 0.1) is 7.11 Å². The van der Waals surface area contributed by atoms with E-state index in [1.165, 1.54) is 12.2 Å². The lowest BCUT2D eigenvalue weighted by Crippen LogP contribution is -2.29. The predicted molar refractivity (Wildman–Crippen MR) is 157 cm³/mol. The van der Waals surface area contributed by atoms with Crippen molar-refractivity contribution in [2.24, 2.45) is 11.8 Å². The minimum atomic E-state index is -0.812. The molecule has 1 amide bonds. The standard InChI is InChI=1S/C14H21BBrNO3.C12H16BBrO3/c1-15(19)10-12(9-14(18)17(2)20-3)8-11-4-6-13(16)7-5-11;1-13(17)8-10(7-12(15)16)6-9-2-4-11(14)5-3-9/h4-7,12,19H,8-10H2,1-3H3;2-5,10,17H,6-8H2,1H3,(H,15,16)/t12-;10-/m11/s1. The zero-order chi connectivity index (χ0) is 28.0. The van der Waals surface area contributed by atoms with E-state index in [9.17, 15) is 19.6 Å². The number of halogens is 2. The summed E-state index contributed by atoms with van der Waals surface area (Å²) in [6.07, 6.45) is 3.03. The molecule has 0 unspecified atom stereocenters. The summed E-state index contributed by atoms with van der Waals surface area (Å²) in [7, 11) is 3.07. The zero-order valence-electron chi connectivity index (χ0n) is 21.9. The van der Waals surface area contributed by atoms with Crippen molar-refractivity contribution in [2.75, 3.05) is 14.2 Å². The van der Waals surface area contributed by atoms with Crippen LogP contribution in [0.5, 0.6) is 0 Å². The molecule has 0 aliphatic carbocycles. The van der Waals surface area contributed by atoms with Crippen LogP contribution in [0, 0.1) is 11.8 Å². The average molecular weight is 641 g/mol. The van der Waals surface area contributed by atoms with Gasteiger partial charge in [-0.15, -0.1) is 0 Å². The summed E-state index contributed by atoms with van der Waals surface area (Å²) in [4.78, 5) is 27.6. The van der Waals surface area contributed by atoms with Crippen molar-refractivity contribution >= 4 is 57.6 Å². The smallest absolute Gasteiger partial charge is 0.303 e. The van der Waals surface area contributed by atoms with Crippen LogP contribution in [0.4, 0.5) is 0 Å². The van der Waals surface area contributed by atoms with E-state index >= 15 is 0 Å². The van der Waals surface area contributed by atoms with Crippen LogP contribution in [0.25, 0.3) is 0 Å². The van der Waals surface area contributed by atoms with Crippen molar-refractivity contribution in [2.45, 2.75) is 52.0 Å². The van der Waals surface area contributed by atoms with E-state index in [0.29, 0.717) is 25.5 Å². The summed E-state index contributed by atoms with van der Waals surface area (Å²) in [5, 5.41) is 29.0. The molecule has 7 nitrogen and oxygen atoms in total. The molecule has 37 heavy (non-hydrogen) atoms. The van der Waals surface area contributed by atoms with E-state index in [1.54, 1.807) is 20.7 Å². The minimum Gasteiger partial charge on any atom is -0.481 e. The zero-order valence-corrected chi connectivity index (χ0v) is 25.1. The Morgan fingerprint density at radius 3 is 1.54 bits per heavy atom. The molecule has 0 aliphatic rings. The third kappa shape index (κ3) is 15.4. The van der Waals surface area contributed by atoms with E-state index in [2.05, 4.69) is 31.9 Å². The Hall–Kier alpha value is -1.65. The second-order valence-corrected chi connectivity index (χ2v) is 11.3. The van der Waals surface area contributed by atoms with Crippen LogP contribution in [0.3, 0.4) is 0 Å². The van der Waals surface area contributed by atoms with E-state index in [-0.39, 0.29) is 24.2 Å². The van der Waals surface area contributed by atoms with Crippen LogP contribution in [0.2, 0.25) is 26.3 Å². The quantitative estimate of drug-likeness (QED) is 0.202. The van der Waals surface area contributed by atoms with Crippen LogP contribution < -0.4 is 0 Å². The molecule has 202 valence electrons. The average Bonchev–Trinajstić information content (AvgIpc) is 2.80. The van der Waals surface area contributed by atoms with Gasteiger partial charge in [0, 0.05) is 28.8 Å². The first kappa shape index (κ1) is 33.4. The third-order valence-corrected chi connectivity index (χ3v) is 6.83. The molecule has 2 aromatic rings. The normalized spacial score (nSPS) is 12.1. The molecular weight excluding hydrogens is 604 g/mol. The van der Waals surface area contributed by atoms with Crippen molar-refractivity contribution in [3.05, 3.63) is 68.6 Å². The van der Waals surface area contributed by atoms with Crippen LogP contribution in [-0.2, 0) is 27.3 Å². The number of benzene rings is 2. The van der Waals surface area contributed by atoms with Gasteiger partial charge in [-0.1, -0.05) is 69.8 Å². The van der Waals surface area contributed by atoms with Gasteiger partial charge in [0.15, 0.2) is 0 Å². The van der Waals surface area contributed by atoms with Crippen LogP contribution in [-0.4, -0.2) is 60.1 Å². The number of aliphatic carboxylic acids is 1. The topological polar surface area (TPSA) is 107 Å². The molecule has 2 rings (SSSR count). The van der Waals surface area contributed by atoms with Crippen LogP contribution >= 0.6 is 31.9 Å². The van der Waals surface area contributed by atoms with Crippen molar-refractivity contribution in [3.63, 3.8) is 0 Å². The fourth-order valence-corrected chi connectivity index (χ4v) is 4.60. The maximum absolute atomic E-state index is 11.9. The second kappa shape index (κ2) is 17.8. The fourth-order valence-electron chi connectivity index (χ4n) is 4.07. The lowest BCUT2D eigenvalue weighted by Gasteiger charge is -2.20. The molecule has 0 fully saturated rings. The molecular formula is C26H37B2Br2NO6. The minimum absolute atomic E-state index is 0.0197. The molecule has 0 saturated heterocycles. The lowest BCUT2D eigenvalue weighted by molar-refractivity contribution is -0.169. The number of carbonyl (C=O) groups is 2. The summed E-state index contributed by atoms with van der Waals surface area (Å²) in [5.74, 6) is -0.807. The molecule has 2 aromatic carbocycles. The second-order valence-electron chi connectivity index (χ2n) is 9.44. The SMILES string of the molecule is CB(O)C[C@@H](CC(=O)O)Cc1ccc(Br)cc1.CON(C)C(=O)C[C@H](CB(C)O)Cc1ccc(Br)cc1. The molecule has 0 bridgehead atoms. The Morgan fingerprint density at radius 2 is 1.22 bits per heavy atom. The predicted octanol–water partition coefficient (Wildman–Crippen LogP) is 5.33. The number of carbonyl (C=O) groups excluding carboxylic acids is 1. The maximum atomic E-state index is 11.9. The first-order chi connectivity index (χ1) is 17.4. The first-order valence-electron chi connectivity index (χ1n) is 12.3. The fraction of sp³-hybridized carbons (Fsp3) is 0.462. The number of carboxylic acids is 1. The summed E-state index contributed by atoms with van der Waals surface area (Å²) in [5.41, 5.74) is 2.26. The van der Waals surface area contributed by atoms with Gasteiger partial charge in [-0.05, 0) is 72.7 Å². The summed E-state index contributed by atoms with van der Waals surface area (Å²) in [6, 6.07) is 15.9. The number of amides is 1. The van der Waals surface area contributed by atoms with Gasteiger partial charge >= 0.3 is 5.97 Å². The molecule has 2 atom stereocenters. The molecule has 0 heterocycles. The summed E-state index contributed by atoms with van der Waals surface area (Å²) < 4.78 is 2.04. The largest absolute Gasteiger partial charge is 0.481 e. The highest BCUT2D eigenvalue weighted by atomic mass is 79.9. The van der Waals surface area contributed by atoms with Crippen molar-refractivity contribution in [1.29, 1.82) is 0 Å². The highest BCUT2D eigenvalue weighted by Gasteiger charge is 2.21. The maximum Gasteiger partial charge on any atom is 0.303 e. The molecule has 11 heteroatoms. The van der Waals surface area contributed by atoms with Crippen LogP contribution in [0.1, 0.15) is 24.0 Å². The number of hydrogen-bond acceptors (Lipinski definition) is 5. The Bertz CT molecular complexity index is 945. The highest BCUT2D eigenvalue weighted by Crippen LogP contribution is 2.21. The van der Waals surface area contributed by atoms with Gasteiger partial charge in [-0.25, -0.2) is 5.06 Å². The molecule has 3 N–H and O–H groups in total. The Labute approximate surface area is 238 Å². The Morgan fingerprint density at radius 1 is 0.838 bits per heavy atom. The number of rotatable bonds is 13. The molecule has 0 aromatic heterocycles. The Balaban J connectivity index is 0.000000375. The summed E-state index contributed by atoms with van der Waals surface area (Å²) in [6.45, 7) is 2.56. The van der Waals surface area contributed by atoms with E-state index in [1.807, 2.05) is 48.5 Å². The van der Waals surface area contributed by atoms with Crippen molar-refractivity contribution < 1.29 is 29.6 Å². The van der Waals surface area contributed by atoms with Crippen molar-refractivity contribution in [1.82, 2.24) is 5.06 Å². The third-order valence-electron chi connectivity index (χ3n) is 5.78. The monoisotopic (exact) mass is 639 g/mol. The number of carboxylic acid groups (broad SMARTS) is 1. The number of hydroxylamine groups is 2. The van der Waals surface area contributed by atoms with E-state index < -0.39 is 19.8 Å². The van der Waals surface area contributed by atoms with E-state index in [0.717, 1.165) is 26.5 Å². The van der Waals surface area contributed by atoms with E-state index in [4.69, 9.17) is 9.94 Å². The first-order valence-corrected chi connectivity index (χ1v) is 13.9. The van der Waals surface area contributed by atoms with Gasteiger partial charge in [0.25, 0.3) is 13.8 Å². The van der Waals surface area contributed by atoms with Gasteiger partial charge < -0.3 is 15.2 Å². The van der Waals surface area contributed by atoms with Gasteiger partial charge in [0.2, 0.25) is 5.91 Å². The molecule has 0 aliphatic heterocycles. The highest BCUT2D eigenvalue weighted by molar-refractivity contribution is 9.10. The molecule has 0 saturated carbocycles.